The summed E-state index contributed by atoms with van der Waals surface area (Å²) in [4.78, 5) is 0. The Kier molecular flexibility index (Phi) is 8.97. The summed E-state index contributed by atoms with van der Waals surface area (Å²) in [6.07, 6.45) is 0. The molecule has 9 heteroatoms. The summed E-state index contributed by atoms with van der Waals surface area (Å²) in [5.41, 5.74) is 6.82. The highest BCUT2D eigenvalue weighted by Gasteiger charge is 2.41. The van der Waals surface area contributed by atoms with Gasteiger partial charge in [0.05, 0.1) is 0 Å². The third-order valence-corrected chi connectivity index (χ3v) is 14.2. The van der Waals surface area contributed by atoms with Crippen molar-refractivity contribution in [2.45, 2.75) is 20.8 Å². The van der Waals surface area contributed by atoms with Gasteiger partial charge in [0.2, 0.25) is 15.0 Å². The topological polar surface area (TPSA) is 52.4 Å². The van der Waals surface area contributed by atoms with E-state index < -0.39 is 15.0 Å². The van der Waals surface area contributed by atoms with Gasteiger partial charge in [0.15, 0.2) is 0 Å². The molecule has 0 heterocycles. The van der Waals surface area contributed by atoms with Crippen molar-refractivity contribution in [2.24, 2.45) is 4.52 Å². The molecule has 3 aromatic rings. The summed E-state index contributed by atoms with van der Waals surface area (Å²) < 4.78 is 16.7. The molecule has 0 aliphatic heterocycles. The second-order valence-electron chi connectivity index (χ2n) is 9.82. The average molecular weight is 540 g/mol. The molecule has 0 fully saturated rings. The molecule has 0 atom stereocenters. The van der Waals surface area contributed by atoms with Gasteiger partial charge in [-0.3, -0.25) is 5.16 Å². The normalized spacial score (nSPS) is 12.1. The summed E-state index contributed by atoms with van der Waals surface area (Å²) in [7, 11) is 8.60. The molecule has 0 aliphatic rings. The van der Waals surface area contributed by atoms with Gasteiger partial charge in [-0.2, -0.15) is 4.52 Å². The predicted octanol–water partition coefficient (Wildman–Crippen LogP) is 7.92. The maximum atomic E-state index is 9.76. The Morgan fingerprint density at radius 3 is 1.03 bits per heavy atom. The van der Waals surface area contributed by atoms with Crippen molar-refractivity contribution in [3.63, 3.8) is 0 Å². The summed E-state index contributed by atoms with van der Waals surface area (Å²) in [5.74, 6) is 0. The summed E-state index contributed by atoms with van der Waals surface area (Å²) in [6.45, 7) is 6.43. The molecular formula is C28H43N7P2. The Balaban J connectivity index is 2.55. The number of nitrogens with zero attached hydrogens (tertiary/aromatic N) is 6. The van der Waals surface area contributed by atoms with Crippen LogP contribution >= 0.6 is 15.0 Å². The first-order valence-electron chi connectivity index (χ1n) is 12.4. The maximum Gasteiger partial charge on any atom is 0.250 e. The minimum Gasteiger partial charge on any atom is -0.309 e. The maximum absolute atomic E-state index is 9.76. The van der Waals surface area contributed by atoms with E-state index in [0.29, 0.717) is 0 Å². The van der Waals surface area contributed by atoms with Crippen LogP contribution in [0.25, 0.3) is 0 Å². The van der Waals surface area contributed by atoms with Gasteiger partial charge in [0.1, 0.15) is 0 Å². The first-order valence-corrected chi connectivity index (χ1v) is 15.7. The number of para-hydroxylation sites is 3. The summed E-state index contributed by atoms with van der Waals surface area (Å²) >= 11 is 0. The predicted molar refractivity (Wildman–Crippen MR) is 165 cm³/mol. The van der Waals surface area contributed by atoms with Gasteiger partial charge >= 0.3 is 0 Å². The molecule has 3 aromatic carbocycles. The molecule has 0 spiro atoms. The third-order valence-electron chi connectivity index (χ3n) is 6.96. The van der Waals surface area contributed by atoms with E-state index in [2.05, 4.69) is 129 Å². The number of benzene rings is 3. The zero-order valence-corrected chi connectivity index (χ0v) is 25.8. The van der Waals surface area contributed by atoms with E-state index in [1.54, 1.807) is 0 Å². The lowest BCUT2D eigenvalue weighted by atomic mass is 10.2. The van der Waals surface area contributed by atoms with E-state index in [4.69, 9.17) is 4.52 Å². The fourth-order valence-corrected chi connectivity index (χ4v) is 12.2. The fourth-order valence-electron chi connectivity index (χ4n) is 4.68. The summed E-state index contributed by atoms with van der Waals surface area (Å²) in [6, 6.07) is 25.4. The Morgan fingerprint density at radius 1 is 0.514 bits per heavy atom. The fraction of sp³-hybridized carbons (Fsp3) is 0.357. The number of rotatable bonds is 9. The van der Waals surface area contributed by atoms with Crippen LogP contribution in [0.15, 0.2) is 77.3 Å². The Labute approximate surface area is 224 Å². The Bertz CT molecular complexity index is 1190. The lowest BCUT2D eigenvalue weighted by Gasteiger charge is -2.50. The van der Waals surface area contributed by atoms with Crippen molar-refractivity contribution in [3.05, 3.63) is 89.5 Å². The number of hydrogen-bond acceptors (Lipinski definition) is 1. The van der Waals surface area contributed by atoms with Crippen molar-refractivity contribution in [2.75, 3.05) is 63.3 Å². The van der Waals surface area contributed by atoms with Gasteiger partial charge in [-0.05, 0) is 83.9 Å². The molecule has 0 radical (unpaired) electrons. The number of hydrogen-bond donors (Lipinski definition) is 1. The molecule has 37 heavy (non-hydrogen) atoms. The second-order valence-corrected chi connectivity index (χ2v) is 16.1. The molecule has 0 amide bonds. The van der Waals surface area contributed by atoms with Crippen molar-refractivity contribution in [3.8, 4) is 0 Å². The molecule has 0 unspecified atom stereocenters. The second kappa shape index (κ2) is 11.4. The van der Waals surface area contributed by atoms with Gasteiger partial charge in [-0.15, -0.1) is 0 Å². The third kappa shape index (κ3) is 5.37. The van der Waals surface area contributed by atoms with Gasteiger partial charge in [0, 0.05) is 38.2 Å². The molecule has 3 rings (SSSR count). The molecule has 200 valence electrons. The minimum atomic E-state index is -2.84. The lowest BCUT2D eigenvalue weighted by Crippen LogP contribution is -2.38. The molecule has 1 N–H and O–H groups in total. The quantitative estimate of drug-likeness (QED) is 0.280. The molecule has 7 nitrogen and oxygen atoms in total. The van der Waals surface area contributed by atoms with Crippen LogP contribution in [-0.2, 0) is 0 Å². The van der Waals surface area contributed by atoms with Crippen molar-refractivity contribution < 1.29 is 0 Å². The molecule has 0 saturated heterocycles. The number of aryl methyl sites for hydroxylation is 3. The largest absolute Gasteiger partial charge is 0.309 e. The monoisotopic (exact) mass is 539 g/mol. The minimum absolute atomic E-state index is 1.10. The van der Waals surface area contributed by atoms with Crippen molar-refractivity contribution >= 4 is 32.1 Å². The average Bonchev–Trinajstić information content (AvgIpc) is 2.86. The van der Waals surface area contributed by atoms with Crippen LogP contribution < -0.4 is 14.0 Å². The van der Waals surface area contributed by atoms with Crippen LogP contribution in [0.2, 0.25) is 0 Å². The zero-order valence-electron chi connectivity index (χ0n) is 24.0. The Hall–Kier alpha value is -2.56. The first-order chi connectivity index (χ1) is 17.4. The van der Waals surface area contributed by atoms with E-state index >= 15 is 0 Å². The van der Waals surface area contributed by atoms with Gasteiger partial charge in [-0.25, -0.2) is 9.34 Å². The molecule has 0 aliphatic carbocycles. The van der Waals surface area contributed by atoms with Crippen LogP contribution in [0.1, 0.15) is 16.7 Å². The van der Waals surface area contributed by atoms with E-state index in [1.165, 1.54) is 16.7 Å². The lowest BCUT2D eigenvalue weighted by molar-refractivity contribution is 0.557. The highest BCUT2D eigenvalue weighted by Crippen LogP contribution is 2.70. The molecule has 0 saturated carbocycles. The van der Waals surface area contributed by atoms with E-state index in [-0.39, 0.29) is 0 Å². The van der Waals surface area contributed by atoms with E-state index in [1.807, 2.05) is 37.5 Å². The van der Waals surface area contributed by atoms with Gasteiger partial charge in [-0.1, -0.05) is 54.6 Å². The highest BCUT2D eigenvalue weighted by atomic mass is 31.2. The van der Waals surface area contributed by atoms with Crippen molar-refractivity contribution in [1.29, 1.82) is 5.16 Å². The Morgan fingerprint density at radius 2 is 0.784 bits per heavy atom. The van der Waals surface area contributed by atoms with Crippen LogP contribution in [0.3, 0.4) is 0 Å². The van der Waals surface area contributed by atoms with Crippen LogP contribution in [0.4, 0.5) is 17.1 Å². The number of nitrogens with one attached hydrogen (secondary N) is 1. The van der Waals surface area contributed by atoms with Crippen LogP contribution in [0, 0.1) is 25.9 Å². The standard InChI is InChI=1S/C28H43N7P2/c1-23-17-11-14-20-26(23)33(8)37(30-36(29,31(4)5)32(6)7,34(9)27-21-15-12-18-24(27)2)35(10)28-22-16-13-19-25(28)3/h11-22,29H,1-10H3. The van der Waals surface area contributed by atoms with Gasteiger partial charge < -0.3 is 14.0 Å². The highest BCUT2D eigenvalue weighted by molar-refractivity contribution is 7.77. The summed E-state index contributed by atoms with van der Waals surface area (Å²) in [5, 5.41) is 9.76. The zero-order chi connectivity index (χ0) is 27.5. The van der Waals surface area contributed by atoms with E-state index in [0.717, 1.165) is 17.1 Å². The molecular weight excluding hydrogens is 496 g/mol. The SMILES string of the molecule is Cc1ccccc1N(C)P(=NP(=N)(N(C)C)N(C)C)(N(C)c1ccccc1C)N(C)c1ccccc1C. The number of anilines is 3. The van der Waals surface area contributed by atoms with Crippen LogP contribution in [0.5, 0.6) is 0 Å². The van der Waals surface area contributed by atoms with E-state index in [9.17, 15) is 5.16 Å². The van der Waals surface area contributed by atoms with Crippen LogP contribution in [-0.4, -0.2) is 58.7 Å². The first kappa shape index (κ1) is 29.0. The van der Waals surface area contributed by atoms with Crippen molar-refractivity contribution in [1.82, 2.24) is 9.34 Å². The molecule has 0 bridgehead atoms. The molecule has 0 aromatic heterocycles. The van der Waals surface area contributed by atoms with Gasteiger partial charge in [0.25, 0.3) is 0 Å². The smallest absolute Gasteiger partial charge is 0.250 e.